The molecule has 0 saturated heterocycles. The first-order chi connectivity index (χ1) is 16.0. The quantitative estimate of drug-likeness (QED) is 0.454. The minimum atomic E-state index is -0.899. The van der Waals surface area contributed by atoms with Crippen molar-refractivity contribution in [2.75, 3.05) is 6.61 Å². The highest BCUT2D eigenvalue weighted by atomic mass is 16.5. The van der Waals surface area contributed by atoms with Gasteiger partial charge in [0.1, 0.15) is 12.4 Å². The van der Waals surface area contributed by atoms with Crippen molar-refractivity contribution < 1.29 is 14.6 Å². The molecule has 166 valence electrons. The molecule has 3 aromatic rings. The molecule has 0 unspecified atom stereocenters. The second kappa shape index (κ2) is 7.66. The Morgan fingerprint density at radius 2 is 1.52 bits per heavy atom. The second-order valence-corrected chi connectivity index (χ2v) is 10.5. The number of fused-ring (bicyclic) bond motifs is 1. The Hall–Kier alpha value is -3.25. The number of terminal acetylenes is 1. The number of carbonyl (C=O) groups is 1. The summed E-state index contributed by atoms with van der Waals surface area (Å²) in [6, 6.07) is 18.2. The Morgan fingerprint density at radius 1 is 0.909 bits per heavy atom. The molecule has 3 nitrogen and oxygen atoms in total. The third-order valence-corrected chi connectivity index (χ3v) is 8.32. The molecule has 1 N–H and O–H groups in total. The van der Waals surface area contributed by atoms with Gasteiger partial charge in [0, 0.05) is 5.56 Å². The van der Waals surface area contributed by atoms with Gasteiger partial charge in [0.05, 0.1) is 5.56 Å². The summed E-state index contributed by atoms with van der Waals surface area (Å²) in [4.78, 5) is 11.3. The van der Waals surface area contributed by atoms with Crippen LogP contribution in [0.5, 0.6) is 5.75 Å². The van der Waals surface area contributed by atoms with Crippen molar-refractivity contribution >= 4 is 16.7 Å². The molecule has 4 aliphatic carbocycles. The molecule has 0 spiro atoms. The van der Waals surface area contributed by atoms with Crippen LogP contribution in [0.1, 0.15) is 54.4 Å². The summed E-state index contributed by atoms with van der Waals surface area (Å²) in [5, 5.41) is 11.3. The van der Waals surface area contributed by atoms with Crippen LogP contribution in [-0.2, 0) is 5.41 Å². The monoisotopic (exact) mass is 436 g/mol. The number of benzene rings is 3. The van der Waals surface area contributed by atoms with Crippen molar-refractivity contribution in [1.82, 2.24) is 0 Å². The van der Waals surface area contributed by atoms with Gasteiger partial charge in [-0.3, -0.25) is 0 Å². The molecule has 0 heterocycles. The smallest absolute Gasteiger partial charge is 0.335 e. The van der Waals surface area contributed by atoms with Crippen molar-refractivity contribution in [3.63, 3.8) is 0 Å². The molecule has 0 amide bonds. The molecule has 4 bridgehead atoms. The lowest BCUT2D eigenvalue weighted by Gasteiger charge is -2.57. The lowest BCUT2D eigenvalue weighted by molar-refractivity contribution is -0.00624. The van der Waals surface area contributed by atoms with Crippen molar-refractivity contribution in [2.45, 2.75) is 43.9 Å². The number of carboxylic acid groups (broad SMARTS) is 1. The Labute approximate surface area is 194 Å². The van der Waals surface area contributed by atoms with Gasteiger partial charge in [-0.2, -0.15) is 0 Å². The molecule has 7 rings (SSSR count). The van der Waals surface area contributed by atoms with Gasteiger partial charge in [0.15, 0.2) is 0 Å². The summed E-state index contributed by atoms with van der Waals surface area (Å²) < 4.78 is 6.08. The predicted octanol–water partition coefficient (Wildman–Crippen LogP) is 6.68. The molecular weight excluding hydrogens is 408 g/mol. The number of hydrogen-bond donors (Lipinski definition) is 1. The van der Waals surface area contributed by atoms with Gasteiger partial charge >= 0.3 is 5.97 Å². The maximum absolute atomic E-state index is 11.3. The highest BCUT2D eigenvalue weighted by Gasteiger charge is 2.52. The fourth-order valence-corrected chi connectivity index (χ4v) is 7.37. The fourth-order valence-electron chi connectivity index (χ4n) is 7.37. The van der Waals surface area contributed by atoms with E-state index in [-0.39, 0.29) is 5.41 Å². The summed E-state index contributed by atoms with van der Waals surface area (Å²) in [5.41, 5.74) is 4.19. The average molecular weight is 437 g/mol. The number of rotatable bonds is 5. The molecular formula is C30H28O3. The summed E-state index contributed by atoms with van der Waals surface area (Å²) in [7, 11) is 0. The molecule has 0 aliphatic heterocycles. The fraction of sp³-hybridized carbons (Fsp3) is 0.367. The van der Waals surface area contributed by atoms with Crippen LogP contribution in [0.4, 0.5) is 0 Å². The van der Waals surface area contributed by atoms with E-state index >= 15 is 0 Å². The van der Waals surface area contributed by atoms with Crippen LogP contribution in [0.2, 0.25) is 0 Å². The first kappa shape index (κ1) is 20.4. The van der Waals surface area contributed by atoms with Gasteiger partial charge in [0.2, 0.25) is 0 Å². The zero-order valence-corrected chi connectivity index (χ0v) is 18.7. The molecule has 0 atom stereocenters. The van der Waals surface area contributed by atoms with E-state index in [0.29, 0.717) is 12.2 Å². The number of aromatic carboxylic acids is 1. The molecule has 4 saturated carbocycles. The molecule has 0 aromatic heterocycles. The van der Waals surface area contributed by atoms with Crippen LogP contribution in [0.15, 0.2) is 54.6 Å². The SMILES string of the molecule is C#CCOc1ccc(-c2ccc3cc(C(=O)O)ccc3c2)cc1C12CC3CC(CC(C3)C1)C2. The Bertz CT molecular complexity index is 1260. The van der Waals surface area contributed by atoms with E-state index in [4.69, 9.17) is 11.2 Å². The Kier molecular flexibility index (Phi) is 4.73. The van der Waals surface area contributed by atoms with Crippen LogP contribution in [0.3, 0.4) is 0 Å². The average Bonchev–Trinajstić information content (AvgIpc) is 2.81. The third-order valence-electron chi connectivity index (χ3n) is 8.32. The minimum Gasteiger partial charge on any atom is -0.481 e. The molecule has 3 heteroatoms. The highest BCUT2D eigenvalue weighted by molar-refractivity contribution is 5.95. The number of ether oxygens (including phenoxy) is 1. The maximum Gasteiger partial charge on any atom is 0.335 e. The van der Waals surface area contributed by atoms with Crippen LogP contribution in [-0.4, -0.2) is 17.7 Å². The van der Waals surface area contributed by atoms with E-state index in [1.807, 2.05) is 12.1 Å². The van der Waals surface area contributed by atoms with E-state index in [1.165, 1.54) is 49.7 Å². The first-order valence-electron chi connectivity index (χ1n) is 12.0. The van der Waals surface area contributed by atoms with E-state index in [0.717, 1.165) is 39.8 Å². The predicted molar refractivity (Wildman–Crippen MR) is 131 cm³/mol. The standard InChI is InChI=1S/C30H28O3/c1-2-9-33-28-8-7-25(23-3-4-24-14-26(29(31)32)6-5-22(24)13-23)15-27(28)30-16-19-10-20(17-30)12-21(11-19)18-30/h1,3-8,13-15,19-21H,9-12,16-18H2,(H,31,32). The lowest BCUT2D eigenvalue weighted by atomic mass is 9.48. The maximum atomic E-state index is 11.3. The Morgan fingerprint density at radius 3 is 2.18 bits per heavy atom. The number of carboxylic acids is 1. The third kappa shape index (κ3) is 3.49. The van der Waals surface area contributed by atoms with Crippen molar-refractivity contribution in [2.24, 2.45) is 17.8 Å². The van der Waals surface area contributed by atoms with Crippen LogP contribution < -0.4 is 4.74 Å². The summed E-state index contributed by atoms with van der Waals surface area (Å²) >= 11 is 0. The lowest BCUT2D eigenvalue weighted by Crippen LogP contribution is -2.48. The van der Waals surface area contributed by atoms with Gasteiger partial charge in [-0.1, -0.05) is 30.2 Å². The van der Waals surface area contributed by atoms with Crippen molar-refractivity contribution in [3.05, 3.63) is 65.7 Å². The zero-order chi connectivity index (χ0) is 22.6. The molecule has 4 aliphatic rings. The van der Waals surface area contributed by atoms with E-state index in [9.17, 15) is 9.90 Å². The van der Waals surface area contributed by atoms with Gasteiger partial charge in [0.25, 0.3) is 0 Å². The van der Waals surface area contributed by atoms with Gasteiger partial charge < -0.3 is 9.84 Å². The van der Waals surface area contributed by atoms with Crippen LogP contribution in [0, 0.1) is 30.1 Å². The normalized spacial score (nSPS) is 27.4. The van der Waals surface area contributed by atoms with Crippen LogP contribution in [0.25, 0.3) is 21.9 Å². The van der Waals surface area contributed by atoms with Crippen LogP contribution >= 0.6 is 0 Å². The minimum absolute atomic E-state index is 0.210. The highest BCUT2D eigenvalue weighted by Crippen LogP contribution is 2.62. The van der Waals surface area contributed by atoms with Gasteiger partial charge in [-0.05, 0) is 114 Å². The molecule has 0 radical (unpaired) electrons. The molecule has 4 fully saturated rings. The molecule has 3 aromatic carbocycles. The summed E-state index contributed by atoms with van der Waals surface area (Å²) in [6.45, 7) is 0.292. The van der Waals surface area contributed by atoms with E-state index < -0.39 is 5.97 Å². The number of hydrogen-bond acceptors (Lipinski definition) is 2. The molecule has 33 heavy (non-hydrogen) atoms. The Balaban J connectivity index is 1.43. The summed E-state index contributed by atoms with van der Waals surface area (Å²) in [5.74, 6) is 5.24. The summed E-state index contributed by atoms with van der Waals surface area (Å²) in [6.07, 6.45) is 13.5. The van der Waals surface area contributed by atoms with Gasteiger partial charge in [-0.25, -0.2) is 4.79 Å². The topological polar surface area (TPSA) is 46.5 Å². The van der Waals surface area contributed by atoms with E-state index in [2.05, 4.69) is 36.3 Å². The van der Waals surface area contributed by atoms with E-state index in [1.54, 1.807) is 12.1 Å². The zero-order valence-electron chi connectivity index (χ0n) is 18.7. The largest absolute Gasteiger partial charge is 0.481 e. The van der Waals surface area contributed by atoms with Crippen molar-refractivity contribution in [3.8, 4) is 29.2 Å². The first-order valence-corrected chi connectivity index (χ1v) is 12.0. The van der Waals surface area contributed by atoms with Gasteiger partial charge in [-0.15, -0.1) is 6.42 Å². The van der Waals surface area contributed by atoms with Crippen molar-refractivity contribution in [1.29, 1.82) is 0 Å². The second-order valence-electron chi connectivity index (χ2n) is 10.5.